The van der Waals surface area contributed by atoms with Gasteiger partial charge in [0.1, 0.15) is 19.3 Å². The van der Waals surface area contributed by atoms with Gasteiger partial charge in [-0.1, -0.05) is 103 Å². The lowest BCUT2D eigenvalue weighted by molar-refractivity contribution is -0.145. The fourth-order valence-electron chi connectivity index (χ4n) is 3.54. The summed E-state index contributed by atoms with van der Waals surface area (Å²) in [6, 6.07) is 25.9. The zero-order valence-corrected chi connectivity index (χ0v) is 21.8. The molecule has 0 aromatic heterocycles. The molecular weight excluding hydrogens is 504 g/mol. The standard InChI is InChI=1S/C29H30N2O6S/c1-35-28(33)25(17-21-11-5-2-6-12-21)30-27(38)24(18-26(32)36-19-22-13-7-3-8-14-22)31-29(34)37-20-23-15-9-4-10-16-23/h2-16,24-25H,17-20H2,1H3,(H,30,38)(H,31,34)/t24-,25-/m0/s1. The Morgan fingerprint density at radius 1 is 0.711 bits per heavy atom. The number of thiocarbonyl (C=S) groups is 1. The van der Waals surface area contributed by atoms with E-state index in [0.29, 0.717) is 0 Å². The molecule has 3 rings (SSSR count). The van der Waals surface area contributed by atoms with Crippen LogP contribution in [0.5, 0.6) is 0 Å². The van der Waals surface area contributed by atoms with Crippen molar-refractivity contribution < 1.29 is 28.6 Å². The van der Waals surface area contributed by atoms with Gasteiger partial charge in [-0.3, -0.25) is 4.79 Å². The third-order valence-corrected chi connectivity index (χ3v) is 5.92. The van der Waals surface area contributed by atoms with E-state index in [0.717, 1.165) is 16.7 Å². The Balaban J connectivity index is 1.67. The Morgan fingerprint density at radius 3 is 1.74 bits per heavy atom. The highest BCUT2D eigenvalue weighted by Gasteiger charge is 2.27. The van der Waals surface area contributed by atoms with Crippen molar-refractivity contribution in [2.75, 3.05) is 7.11 Å². The van der Waals surface area contributed by atoms with Crippen LogP contribution in [-0.4, -0.2) is 42.2 Å². The van der Waals surface area contributed by atoms with Gasteiger partial charge in [-0.2, -0.15) is 0 Å². The molecule has 0 unspecified atom stereocenters. The van der Waals surface area contributed by atoms with E-state index < -0.39 is 30.1 Å². The lowest BCUT2D eigenvalue weighted by Gasteiger charge is -2.24. The molecule has 198 valence electrons. The first-order chi connectivity index (χ1) is 18.4. The second kappa shape index (κ2) is 15.1. The van der Waals surface area contributed by atoms with Gasteiger partial charge in [-0.05, 0) is 16.7 Å². The van der Waals surface area contributed by atoms with Gasteiger partial charge in [0.15, 0.2) is 0 Å². The SMILES string of the molecule is COC(=O)[C@H](Cc1ccccc1)NC(=S)[C@H](CC(=O)OCc1ccccc1)NC(=O)OCc1ccccc1. The summed E-state index contributed by atoms with van der Waals surface area (Å²) in [4.78, 5) is 37.8. The summed E-state index contributed by atoms with van der Waals surface area (Å²) >= 11 is 5.53. The average Bonchev–Trinajstić information content (AvgIpc) is 2.95. The lowest BCUT2D eigenvalue weighted by atomic mass is 10.1. The smallest absolute Gasteiger partial charge is 0.408 e. The fourth-order valence-corrected chi connectivity index (χ4v) is 3.82. The quantitative estimate of drug-likeness (QED) is 0.203. The normalized spacial score (nSPS) is 11.9. The Kier molecular flexibility index (Phi) is 11.3. The molecule has 0 spiro atoms. The zero-order chi connectivity index (χ0) is 27.2. The van der Waals surface area contributed by atoms with E-state index >= 15 is 0 Å². The van der Waals surface area contributed by atoms with Gasteiger partial charge < -0.3 is 24.8 Å². The van der Waals surface area contributed by atoms with Crippen molar-refractivity contribution >= 4 is 35.2 Å². The summed E-state index contributed by atoms with van der Waals surface area (Å²) in [5, 5.41) is 5.58. The summed E-state index contributed by atoms with van der Waals surface area (Å²) in [6.45, 7) is 0.112. The molecule has 0 aliphatic carbocycles. The number of amides is 1. The second-order valence-corrected chi connectivity index (χ2v) is 8.82. The second-order valence-electron chi connectivity index (χ2n) is 8.38. The molecule has 0 aliphatic rings. The maximum Gasteiger partial charge on any atom is 0.408 e. The van der Waals surface area contributed by atoms with Gasteiger partial charge in [0, 0.05) is 6.42 Å². The molecule has 0 aliphatic heterocycles. The number of nitrogens with one attached hydrogen (secondary N) is 2. The summed E-state index contributed by atoms with van der Waals surface area (Å²) < 4.78 is 15.6. The number of ether oxygens (including phenoxy) is 3. The lowest BCUT2D eigenvalue weighted by Crippen LogP contribution is -2.52. The van der Waals surface area contributed by atoms with Gasteiger partial charge in [-0.25, -0.2) is 9.59 Å². The van der Waals surface area contributed by atoms with Gasteiger partial charge in [0.25, 0.3) is 0 Å². The van der Waals surface area contributed by atoms with Crippen LogP contribution in [0.15, 0.2) is 91.0 Å². The van der Waals surface area contributed by atoms with Crippen molar-refractivity contribution in [2.45, 2.75) is 38.1 Å². The Hall–Kier alpha value is -4.24. The Labute approximate surface area is 227 Å². The summed E-state index contributed by atoms with van der Waals surface area (Å²) in [5.74, 6) is -1.11. The Morgan fingerprint density at radius 2 is 1.21 bits per heavy atom. The largest absolute Gasteiger partial charge is 0.467 e. The van der Waals surface area contributed by atoms with E-state index in [2.05, 4.69) is 10.6 Å². The molecule has 38 heavy (non-hydrogen) atoms. The highest BCUT2D eigenvalue weighted by Crippen LogP contribution is 2.09. The van der Waals surface area contributed by atoms with Crippen molar-refractivity contribution in [1.82, 2.24) is 10.6 Å². The molecule has 0 fully saturated rings. The number of hydrogen-bond donors (Lipinski definition) is 2. The van der Waals surface area contributed by atoms with Crippen LogP contribution in [0.25, 0.3) is 0 Å². The van der Waals surface area contributed by atoms with E-state index in [9.17, 15) is 14.4 Å². The van der Waals surface area contributed by atoms with Gasteiger partial charge >= 0.3 is 18.0 Å². The van der Waals surface area contributed by atoms with Gasteiger partial charge in [0.2, 0.25) is 0 Å². The van der Waals surface area contributed by atoms with E-state index in [1.54, 1.807) is 0 Å². The minimum atomic E-state index is -0.987. The summed E-state index contributed by atoms with van der Waals surface area (Å²) in [7, 11) is 1.28. The van der Waals surface area contributed by atoms with Crippen LogP contribution in [0.2, 0.25) is 0 Å². The van der Waals surface area contributed by atoms with Crippen LogP contribution in [0.3, 0.4) is 0 Å². The van der Waals surface area contributed by atoms with Crippen LogP contribution in [0, 0.1) is 0 Å². The number of carbonyl (C=O) groups excluding carboxylic acids is 3. The van der Waals surface area contributed by atoms with E-state index in [4.69, 9.17) is 26.4 Å². The molecular formula is C29H30N2O6S. The molecule has 3 aromatic carbocycles. The number of esters is 2. The van der Waals surface area contributed by atoms with Crippen molar-refractivity contribution in [3.8, 4) is 0 Å². The first-order valence-electron chi connectivity index (χ1n) is 12.0. The van der Waals surface area contributed by atoms with E-state index in [-0.39, 0.29) is 31.0 Å². The third kappa shape index (κ3) is 9.67. The average molecular weight is 535 g/mol. The number of benzene rings is 3. The molecule has 8 nitrogen and oxygen atoms in total. The first-order valence-corrected chi connectivity index (χ1v) is 12.4. The molecule has 0 heterocycles. The molecule has 1 amide bonds. The number of methoxy groups -OCH3 is 1. The zero-order valence-electron chi connectivity index (χ0n) is 21.0. The molecule has 2 N–H and O–H groups in total. The number of hydrogen-bond acceptors (Lipinski definition) is 7. The molecule has 9 heteroatoms. The van der Waals surface area contributed by atoms with E-state index in [1.165, 1.54) is 7.11 Å². The molecule has 2 atom stereocenters. The van der Waals surface area contributed by atoms with Crippen molar-refractivity contribution in [1.29, 1.82) is 0 Å². The molecule has 0 saturated heterocycles. The molecule has 0 radical (unpaired) electrons. The van der Waals surface area contributed by atoms with Crippen molar-refractivity contribution in [2.24, 2.45) is 0 Å². The number of alkyl carbamates (subject to hydrolysis) is 1. The minimum absolute atomic E-state index is 0.0385. The molecule has 0 bridgehead atoms. The highest BCUT2D eigenvalue weighted by molar-refractivity contribution is 7.80. The van der Waals surface area contributed by atoms with Crippen LogP contribution in [-0.2, 0) is 43.4 Å². The Bertz CT molecular complexity index is 1130. The predicted octanol–water partition coefficient (Wildman–Crippen LogP) is 4.12. The monoisotopic (exact) mass is 534 g/mol. The molecule has 3 aromatic rings. The summed E-state index contributed by atoms with van der Waals surface area (Å²) in [6.07, 6.45) is -0.744. The van der Waals surface area contributed by atoms with Crippen molar-refractivity contribution in [3.63, 3.8) is 0 Å². The maximum absolute atomic E-state index is 12.7. The van der Waals surface area contributed by atoms with E-state index in [1.807, 2.05) is 91.0 Å². The van der Waals surface area contributed by atoms with Crippen LogP contribution < -0.4 is 10.6 Å². The molecule has 0 saturated carbocycles. The number of rotatable bonds is 12. The number of carbonyl (C=O) groups is 3. The summed E-state index contributed by atoms with van der Waals surface area (Å²) in [5.41, 5.74) is 2.50. The first kappa shape index (κ1) is 28.3. The van der Waals surface area contributed by atoms with Gasteiger partial charge in [-0.15, -0.1) is 0 Å². The van der Waals surface area contributed by atoms with Crippen LogP contribution >= 0.6 is 12.2 Å². The minimum Gasteiger partial charge on any atom is -0.467 e. The van der Waals surface area contributed by atoms with Crippen molar-refractivity contribution in [3.05, 3.63) is 108 Å². The maximum atomic E-state index is 12.7. The fraction of sp³-hybridized carbons (Fsp3) is 0.241. The highest BCUT2D eigenvalue weighted by atomic mass is 32.1. The topological polar surface area (TPSA) is 103 Å². The van der Waals surface area contributed by atoms with Crippen LogP contribution in [0.1, 0.15) is 23.1 Å². The third-order valence-electron chi connectivity index (χ3n) is 5.52. The predicted molar refractivity (Wildman–Crippen MR) is 146 cm³/mol. The van der Waals surface area contributed by atoms with Gasteiger partial charge in [0.05, 0.1) is 24.6 Å². The van der Waals surface area contributed by atoms with Crippen LogP contribution in [0.4, 0.5) is 4.79 Å².